The molecule has 0 aromatic heterocycles. The Morgan fingerprint density at radius 3 is 2.29 bits per heavy atom. The highest BCUT2D eigenvalue weighted by Gasteiger charge is 2.12. The van der Waals surface area contributed by atoms with E-state index in [4.69, 9.17) is 16.3 Å². The fourth-order valence-corrected chi connectivity index (χ4v) is 1.30. The van der Waals surface area contributed by atoms with Crippen LogP contribution in [0, 0.1) is 0 Å². The van der Waals surface area contributed by atoms with Crippen LogP contribution in [0.15, 0.2) is 25.3 Å². The average Bonchev–Trinajstić information content (AvgIpc) is 2.72. The Labute approximate surface area is 92.0 Å². The van der Waals surface area contributed by atoms with Crippen LogP contribution in [0.4, 0.5) is 0 Å². The molecule has 0 saturated carbocycles. The molecule has 1 aliphatic rings. The molecule has 0 aliphatic carbocycles. The first kappa shape index (κ1) is 13.7. The highest BCUT2D eigenvalue weighted by atomic mass is 35.5. The fraction of sp³-hybridized carbons (Fsp3) is 0.636. The lowest BCUT2D eigenvalue weighted by Gasteiger charge is -1.99. The lowest BCUT2D eigenvalue weighted by atomic mass is 10.3. The van der Waals surface area contributed by atoms with E-state index >= 15 is 0 Å². The second-order valence-corrected chi connectivity index (χ2v) is 3.33. The minimum absolute atomic E-state index is 0.363. The van der Waals surface area contributed by atoms with Crippen LogP contribution in [-0.4, -0.2) is 31.7 Å². The van der Waals surface area contributed by atoms with Crippen molar-refractivity contribution in [2.75, 3.05) is 25.6 Å². The maximum Gasteiger partial charge on any atom is 0.0711 e. The van der Waals surface area contributed by atoms with Gasteiger partial charge in [0.05, 0.1) is 6.10 Å². The van der Waals surface area contributed by atoms with Crippen molar-refractivity contribution < 1.29 is 4.74 Å². The first-order valence-corrected chi connectivity index (χ1v) is 5.48. The van der Waals surface area contributed by atoms with E-state index in [9.17, 15) is 0 Å². The van der Waals surface area contributed by atoms with E-state index in [1.165, 1.54) is 6.42 Å². The molecule has 0 bridgehead atoms. The third-order valence-corrected chi connectivity index (χ3v) is 2.12. The molecule has 1 rings (SSSR count). The van der Waals surface area contributed by atoms with Gasteiger partial charge in [-0.3, -0.25) is 0 Å². The van der Waals surface area contributed by atoms with Crippen LogP contribution in [-0.2, 0) is 4.74 Å². The summed E-state index contributed by atoms with van der Waals surface area (Å²) in [6, 6.07) is 0. The highest BCUT2D eigenvalue weighted by molar-refractivity contribution is 6.18. The van der Waals surface area contributed by atoms with Gasteiger partial charge in [0.15, 0.2) is 0 Å². The number of hydrogen-bond acceptors (Lipinski definition) is 2. The molecule has 0 aromatic carbocycles. The summed E-state index contributed by atoms with van der Waals surface area (Å²) in [5, 5.41) is 3.05. The zero-order valence-electron chi connectivity index (χ0n) is 8.68. The van der Waals surface area contributed by atoms with Crippen molar-refractivity contribution in [3.63, 3.8) is 0 Å². The van der Waals surface area contributed by atoms with Crippen LogP contribution in [0.3, 0.4) is 0 Å². The molecule has 1 atom stereocenters. The van der Waals surface area contributed by atoms with Gasteiger partial charge in [0.1, 0.15) is 0 Å². The van der Waals surface area contributed by atoms with Crippen LogP contribution in [0.5, 0.6) is 0 Å². The Balaban J connectivity index is 0.000000241. The first-order valence-electron chi connectivity index (χ1n) is 4.95. The van der Waals surface area contributed by atoms with Crippen molar-refractivity contribution in [2.24, 2.45) is 0 Å². The zero-order chi connectivity index (χ0) is 10.6. The Kier molecular flexibility index (Phi) is 10.5. The smallest absolute Gasteiger partial charge is 0.0711 e. The third-order valence-electron chi connectivity index (χ3n) is 1.77. The SMILES string of the molecule is C=CCNCC=C.ClCC1CCCO1. The maximum atomic E-state index is 5.48. The van der Waals surface area contributed by atoms with Gasteiger partial charge in [0, 0.05) is 25.6 Å². The molecule has 1 heterocycles. The maximum absolute atomic E-state index is 5.48. The summed E-state index contributed by atoms with van der Waals surface area (Å²) in [7, 11) is 0. The van der Waals surface area contributed by atoms with Gasteiger partial charge in [-0.1, -0.05) is 12.2 Å². The van der Waals surface area contributed by atoms with Crippen LogP contribution in [0.1, 0.15) is 12.8 Å². The summed E-state index contributed by atoms with van der Waals surface area (Å²) in [5.41, 5.74) is 0. The predicted octanol–water partition coefficient (Wildman–Crippen LogP) is 2.35. The number of ether oxygens (including phenoxy) is 1. The minimum atomic E-state index is 0.363. The van der Waals surface area contributed by atoms with Gasteiger partial charge in [-0.15, -0.1) is 24.8 Å². The molecular weight excluding hydrogens is 198 g/mol. The molecule has 2 nitrogen and oxygen atoms in total. The number of rotatable bonds is 5. The number of hydrogen-bond donors (Lipinski definition) is 1. The molecule has 0 amide bonds. The molecule has 1 fully saturated rings. The number of alkyl halides is 1. The second kappa shape index (κ2) is 10.8. The minimum Gasteiger partial charge on any atom is -0.377 e. The first-order chi connectivity index (χ1) is 6.85. The van der Waals surface area contributed by atoms with Gasteiger partial charge in [0.25, 0.3) is 0 Å². The molecule has 0 radical (unpaired) electrons. The summed E-state index contributed by atoms with van der Waals surface area (Å²) in [4.78, 5) is 0. The van der Waals surface area contributed by atoms with Gasteiger partial charge >= 0.3 is 0 Å². The van der Waals surface area contributed by atoms with E-state index in [2.05, 4.69) is 18.5 Å². The summed E-state index contributed by atoms with van der Waals surface area (Å²) in [6.45, 7) is 9.72. The summed E-state index contributed by atoms with van der Waals surface area (Å²) < 4.78 is 5.17. The summed E-state index contributed by atoms with van der Waals surface area (Å²) >= 11 is 5.48. The molecule has 1 saturated heterocycles. The monoisotopic (exact) mass is 217 g/mol. The highest BCUT2D eigenvalue weighted by Crippen LogP contribution is 2.12. The van der Waals surface area contributed by atoms with E-state index in [0.717, 1.165) is 26.1 Å². The van der Waals surface area contributed by atoms with E-state index in [0.29, 0.717) is 12.0 Å². The molecule has 1 aliphatic heterocycles. The summed E-state index contributed by atoms with van der Waals surface area (Å²) in [5.74, 6) is 0.667. The molecule has 0 spiro atoms. The molecular formula is C11H20ClNO. The molecule has 1 N–H and O–H groups in total. The molecule has 1 unspecified atom stereocenters. The normalized spacial score (nSPS) is 19.6. The lowest BCUT2D eigenvalue weighted by molar-refractivity contribution is 0.128. The Morgan fingerprint density at radius 1 is 1.36 bits per heavy atom. The molecule has 82 valence electrons. The van der Waals surface area contributed by atoms with Gasteiger partial charge in [-0.25, -0.2) is 0 Å². The standard InChI is InChI=1S/C6H11N.C5H9ClO/c1-3-5-7-6-4-2;6-4-5-2-1-3-7-5/h3-4,7H,1-2,5-6H2;5H,1-4H2. The second-order valence-electron chi connectivity index (χ2n) is 3.02. The van der Waals surface area contributed by atoms with E-state index in [1.54, 1.807) is 0 Å². The van der Waals surface area contributed by atoms with Crippen molar-refractivity contribution >= 4 is 11.6 Å². The Bertz CT molecular complexity index is 136. The molecule has 0 aromatic rings. The predicted molar refractivity (Wildman–Crippen MR) is 63.0 cm³/mol. The average molecular weight is 218 g/mol. The Morgan fingerprint density at radius 2 is 2.00 bits per heavy atom. The topological polar surface area (TPSA) is 21.3 Å². The van der Waals surface area contributed by atoms with Crippen molar-refractivity contribution in [3.05, 3.63) is 25.3 Å². The van der Waals surface area contributed by atoms with Crippen molar-refractivity contribution in [3.8, 4) is 0 Å². The quantitative estimate of drug-likeness (QED) is 0.434. The Hall–Kier alpha value is -0.310. The lowest BCUT2D eigenvalue weighted by Crippen LogP contribution is -2.11. The van der Waals surface area contributed by atoms with E-state index in [1.807, 2.05) is 12.2 Å². The summed E-state index contributed by atoms with van der Waals surface area (Å²) in [6.07, 6.45) is 6.36. The van der Waals surface area contributed by atoms with Crippen LogP contribution < -0.4 is 5.32 Å². The molecule has 3 heteroatoms. The zero-order valence-corrected chi connectivity index (χ0v) is 9.43. The van der Waals surface area contributed by atoms with Crippen molar-refractivity contribution in [1.82, 2.24) is 5.32 Å². The van der Waals surface area contributed by atoms with Gasteiger partial charge in [0.2, 0.25) is 0 Å². The van der Waals surface area contributed by atoms with Crippen LogP contribution in [0.25, 0.3) is 0 Å². The van der Waals surface area contributed by atoms with Crippen LogP contribution in [0.2, 0.25) is 0 Å². The number of halogens is 1. The number of nitrogens with one attached hydrogen (secondary N) is 1. The fourth-order valence-electron chi connectivity index (χ4n) is 1.05. The molecule has 14 heavy (non-hydrogen) atoms. The van der Waals surface area contributed by atoms with Gasteiger partial charge in [-0.05, 0) is 12.8 Å². The van der Waals surface area contributed by atoms with Gasteiger partial charge in [-0.2, -0.15) is 0 Å². The van der Waals surface area contributed by atoms with Crippen LogP contribution >= 0.6 is 11.6 Å². The van der Waals surface area contributed by atoms with Crippen molar-refractivity contribution in [2.45, 2.75) is 18.9 Å². The third kappa shape index (κ3) is 8.30. The van der Waals surface area contributed by atoms with E-state index in [-0.39, 0.29) is 0 Å². The largest absolute Gasteiger partial charge is 0.377 e. The van der Waals surface area contributed by atoms with E-state index < -0.39 is 0 Å². The van der Waals surface area contributed by atoms with Gasteiger partial charge < -0.3 is 10.1 Å². The van der Waals surface area contributed by atoms with Crippen molar-refractivity contribution in [1.29, 1.82) is 0 Å².